The Balaban J connectivity index is 0.00000342. The van der Waals surface area contributed by atoms with E-state index in [2.05, 4.69) is 24.0 Å². The molecule has 7 heteroatoms. The topological polar surface area (TPSA) is 69.3 Å². The van der Waals surface area contributed by atoms with E-state index in [9.17, 15) is 5.26 Å². The largest absolute Gasteiger partial charge is 0.497 e. The summed E-state index contributed by atoms with van der Waals surface area (Å²) < 4.78 is 19.2. The van der Waals surface area contributed by atoms with Crippen LogP contribution in [0.1, 0.15) is 34.1 Å². The number of halogens is 1. The standard InChI is InChI=1S/C28H27N3O3.ClH/c1-19-7-5-6-8-25(19)26-13-21(9-10-22(26)15-29)28(27-16-30-18-31(27)2)34-17-20-11-23(32-3)14-24(12-20)33-4;/h5-14,16,18,28H,17H2,1-4H3;1H. The molecule has 0 fully saturated rings. The number of imidazole rings is 1. The highest BCUT2D eigenvalue weighted by atomic mass is 35.5. The van der Waals surface area contributed by atoms with Crippen molar-refractivity contribution in [3.63, 3.8) is 0 Å². The van der Waals surface area contributed by atoms with Crippen LogP contribution in [0.15, 0.2) is 73.2 Å². The average molecular weight is 490 g/mol. The Hall–Kier alpha value is -3.79. The first-order valence-corrected chi connectivity index (χ1v) is 10.9. The monoisotopic (exact) mass is 489 g/mol. The van der Waals surface area contributed by atoms with Crippen LogP contribution in [0.4, 0.5) is 0 Å². The number of rotatable bonds is 8. The third-order valence-electron chi connectivity index (χ3n) is 5.85. The molecule has 0 radical (unpaired) electrons. The molecule has 180 valence electrons. The third-order valence-corrected chi connectivity index (χ3v) is 5.85. The van der Waals surface area contributed by atoms with E-state index in [1.54, 1.807) is 20.5 Å². The number of nitriles is 1. The van der Waals surface area contributed by atoms with Crippen molar-refractivity contribution >= 4 is 12.4 Å². The van der Waals surface area contributed by atoms with Crippen LogP contribution in [0.3, 0.4) is 0 Å². The predicted molar refractivity (Wildman–Crippen MR) is 138 cm³/mol. The molecule has 0 aliphatic heterocycles. The van der Waals surface area contributed by atoms with Crippen molar-refractivity contribution in [2.45, 2.75) is 19.6 Å². The van der Waals surface area contributed by atoms with Gasteiger partial charge >= 0.3 is 0 Å². The number of aromatic nitrogens is 2. The summed E-state index contributed by atoms with van der Waals surface area (Å²) >= 11 is 0. The first-order valence-electron chi connectivity index (χ1n) is 10.9. The van der Waals surface area contributed by atoms with Crippen LogP contribution in [-0.4, -0.2) is 23.8 Å². The van der Waals surface area contributed by atoms with E-state index in [4.69, 9.17) is 14.2 Å². The molecule has 0 bridgehead atoms. The van der Waals surface area contributed by atoms with E-state index in [0.717, 1.165) is 33.5 Å². The second kappa shape index (κ2) is 11.6. The molecule has 1 heterocycles. The summed E-state index contributed by atoms with van der Waals surface area (Å²) in [5.74, 6) is 1.41. The molecule has 4 rings (SSSR count). The Bertz CT molecular complexity index is 1320. The Morgan fingerprint density at radius 1 is 0.971 bits per heavy atom. The molecule has 1 unspecified atom stereocenters. The number of nitrogens with zero attached hydrogens (tertiary/aromatic N) is 3. The lowest BCUT2D eigenvalue weighted by atomic mass is 9.93. The van der Waals surface area contributed by atoms with Crippen molar-refractivity contribution in [3.05, 3.63) is 101 Å². The molecule has 0 saturated carbocycles. The summed E-state index contributed by atoms with van der Waals surface area (Å²) in [6, 6.07) is 22.0. The molecule has 0 N–H and O–H groups in total. The summed E-state index contributed by atoms with van der Waals surface area (Å²) in [6.45, 7) is 2.39. The normalized spacial score (nSPS) is 11.3. The van der Waals surface area contributed by atoms with Gasteiger partial charge < -0.3 is 18.8 Å². The fourth-order valence-corrected chi connectivity index (χ4v) is 4.02. The van der Waals surface area contributed by atoms with Gasteiger partial charge in [-0.25, -0.2) is 4.98 Å². The van der Waals surface area contributed by atoms with Crippen LogP contribution in [-0.2, 0) is 18.4 Å². The molecule has 0 saturated heterocycles. The zero-order chi connectivity index (χ0) is 24.1. The third kappa shape index (κ3) is 5.65. The zero-order valence-corrected chi connectivity index (χ0v) is 21.0. The van der Waals surface area contributed by atoms with Crippen molar-refractivity contribution < 1.29 is 14.2 Å². The number of hydrogen-bond donors (Lipinski definition) is 0. The zero-order valence-electron chi connectivity index (χ0n) is 20.2. The fraction of sp³-hybridized carbons (Fsp3) is 0.214. The number of ether oxygens (including phenoxy) is 3. The van der Waals surface area contributed by atoms with Crippen molar-refractivity contribution in [3.8, 4) is 28.7 Å². The smallest absolute Gasteiger partial charge is 0.124 e. The van der Waals surface area contributed by atoms with Crippen LogP contribution in [0, 0.1) is 18.3 Å². The van der Waals surface area contributed by atoms with E-state index in [1.165, 1.54) is 0 Å². The van der Waals surface area contributed by atoms with Crippen LogP contribution in [0.25, 0.3) is 11.1 Å². The van der Waals surface area contributed by atoms with Gasteiger partial charge in [0.15, 0.2) is 0 Å². The van der Waals surface area contributed by atoms with Crippen LogP contribution in [0.2, 0.25) is 0 Å². The molecule has 4 aromatic rings. The summed E-state index contributed by atoms with van der Waals surface area (Å²) in [4.78, 5) is 4.30. The quantitative estimate of drug-likeness (QED) is 0.303. The summed E-state index contributed by atoms with van der Waals surface area (Å²) in [7, 11) is 5.20. The minimum Gasteiger partial charge on any atom is -0.497 e. The number of hydrogen-bond acceptors (Lipinski definition) is 5. The highest BCUT2D eigenvalue weighted by Gasteiger charge is 2.21. The van der Waals surface area contributed by atoms with E-state index in [0.29, 0.717) is 23.7 Å². The molecule has 35 heavy (non-hydrogen) atoms. The highest BCUT2D eigenvalue weighted by molar-refractivity contribution is 5.85. The Morgan fingerprint density at radius 3 is 2.29 bits per heavy atom. The van der Waals surface area contributed by atoms with E-state index >= 15 is 0 Å². The van der Waals surface area contributed by atoms with Crippen molar-refractivity contribution in [2.75, 3.05) is 14.2 Å². The summed E-state index contributed by atoms with van der Waals surface area (Å²) in [5.41, 5.74) is 6.43. The van der Waals surface area contributed by atoms with Gasteiger partial charge in [0.05, 0.1) is 50.7 Å². The van der Waals surface area contributed by atoms with Crippen LogP contribution < -0.4 is 9.47 Å². The van der Waals surface area contributed by atoms with Gasteiger partial charge in [-0.3, -0.25) is 0 Å². The molecule has 1 aromatic heterocycles. The van der Waals surface area contributed by atoms with Crippen molar-refractivity contribution in [2.24, 2.45) is 7.05 Å². The lowest BCUT2D eigenvalue weighted by molar-refractivity contribution is 0.0620. The molecule has 0 spiro atoms. The highest BCUT2D eigenvalue weighted by Crippen LogP contribution is 2.34. The minimum atomic E-state index is -0.389. The molecule has 6 nitrogen and oxygen atoms in total. The lowest BCUT2D eigenvalue weighted by Crippen LogP contribution is -2.11. The SMILES string of the molecule is COc1cc(COC(c2ccc(C#N)c(-c3ccccc3C)c2)c2cncn2C)cc(OC)c1.Cl. The Kier molecular flexibility index (Phi) is 8.53. The number of aryl methyl sites for hydroxylation is 2. The van der Waals surface area contributed by atoms with Gasteiger partial charge in [-0.2, -0.15) is 5.26 Å². The summed E-state index contributed by atoms with van der Waals surface area (Å²) in [6.07, 6.45) is 3.18. The molecular formula is C28H28ClN3O3. The Morgan fingerprint density at radius 2 is 1.69 bits per heavy atom. The van der Waals surface area contributed by atoms with Crippen LogP contribution in [0.5, 0.6) is 11.5 Å². The maximum Gasteiger partial charge on any atom is 0.124 e. The molecule has 3 aromatic carbocycles. The second-order valence-electron chi connectivity index (χ2n) is 8.07. The summed E-state index contributed by atoms with van der Waals surface area (Å²) in [5, 5.41) is 9.76. The molecule has 0 amide bonds. The minimum absolute atomic E-state index is 0. The average Bonchev–Trinajstić information content (AvgIpc) is 3.29. The first kappa shape index (κ1) is 25.8. The number of benzene rings is 3. The van der Waals surface area contributed by atoms with Gasteiger partial charge in [0.25, 0.3) is 0 Å². The predicted octanol–water partition coefficient (Wildman–Crippen LogP) is 6.01. The fourth-order valence-electron chi connectivity index (χ4n) is 4.02. The van der Waals surface area contributed by atoms with E-state index in [1.807, 2.05) is 72.4 Å². The second-order valence-corrected chi connectivity index (χ2v) is 8.07. The van der Waals surface area contributed by atoms with E-state index < -0.39 is 0 Å². The molecule has 0 aliphatic carbocycles. The Labute approximate surface area is 212 Å². The van der Waals surface area contributed by atoms with Gasteiger partial charge in [-0.1, -0.05) is 30.3 Å². The first-order chi connectivity index (χ1) is 16.5. The lowest BCUT2D eigenvalue weighted by Gasteiger charge is -2.21. The van der Waals surface area contributed by atoms with E-state index in [-0.39, 0.29) is 18.5 Å². The molecule has 0 aliphatic rings. The molecular weight excluding hydrogens is 462 g/mol. The maximum atomic E-state index is 9.76. The van der Waals surface area contributed by atoms with Crippen molar-refractivity contribution in [1.29, 1.82) is 5.26 Å². The van der Waals surface area contributed by atoms with Gasteiger partial charge in [0.2, 0.25) is 0 Å². The molecule has 1 atom stereocenters. The van der Waals surface area contributed by atoms with Gasteiger partial charge in [-0.15, -0.1) is 12.4 Å². The number of methoxy groups -OCH3 is 2. The van der Waals surface area contributed by atoms with Crippen molar-refractivity contribution in [1.82, 2.24) is 9.55 Å². The van der Waals surface area contributed by atoms with Crippen LogP contribution >= 0.6 is 12.4 Å². The maximum absolute atomic E-state index is 9.76. The van der Waals surface area contributed by atoms with Gasteiger partial charge in [0, 0.05) is 18.7 Å². The van der Waals surface area contributed by atoms with Gasteiger partial charge in [0.1, 0.15) is 17.6 Å². The van der Waals surface area contributed by atoms with Gasteiger partial charge in [-0.05, 0) is 53.4 Å².